The van der Waals surface area contributed by atoms with E-state index in [2.05, 4.69) is 107 Å². The molecule has 41 heavy (non-hydrogen) atoms. The Morgan fingerprint density at radius 1 is 0.561 bits per heavy atom. The SMILES string of the molecule is N=C1C=CC(c2ccccn2)=C/C1=N/Nc1ccc(-c2c3ccccc3c(-c3ccccc3)c3ccccc23)cc1. The third-order valence-electron chi connectivity index (χ3n) is 7.43. The van der Waals surface area contributed by atoms with Gasteiger partial charge in [0.25, 0.3) is 0 Å². The molecule has 0 fully saturated rings. The molecule has 1 heterocycles. The molecule has 1 aliphatic rings. The van der Waals surface area contributed by atoms with Crippen LogP contribution in [0, 0.1) is 5.41 Å². The predicted molar refractivity (Wildman–Crippen MR) is 172 cm³/mol. The van der Waals surface area contributed by atoms with E-state index in [-0.39, 0.29) is 0 Å². The second-order valence-electron chi connectivity index (χ2n) is 9.96. The minimum atomic E-state index is 0.352. The molecular weight excluding hydrogens is 500 g/mol. The molecule has 0 radical (unpaired) electrons. The molecule has 0 aliphatic heterocycles. The van der Waals surface area contributed by atoms with Gasteiger partial charge in [0, 0.05) is 11.8 Å². The number of rotatable bonds is 5. The molecule has 0 amide bonds. The molecule has 6 aromatic rings. The van der Waals surface area contributed by atoms with Gasteiger partial charge in [-0.1, -0.05) is 103 Å². The first-order valence-electron chi connectivity index (χ1n) is 13.6. The number of hydrogen-bond acceptors (Lipinski definition) is 4. The van der Waals surface area contributed by atoms with E-state index in [1.807, 2.05) is 42.5 Å². The molecule has 0 saturated heterocycles. The summed E-state index contributed by atoms with van der Waals surface area (Å²) < 4.78 is 0. The Balaban J connectivity index is 1.27. The summed E-state index contributed by atoms with van der Waals surface area (Å²) in [5.41, 5.74) is 11.5. The summed E-state index contributed by atoms with van der Waals surface area (Å²) >= 11 is 0. The lowest BCUT2D eigenvalue weighted by molar-refractivity contribution is 1.28. The largest absolute Gasteiger partial charge is 0.299 e. The monoisotopic (exact) mass is 526 g/mol. The molecule has 5 aromatic carbocycles. The van der Waals surface area contributed by atoms with Crippen molar-refractivity contribution in [3.05, 3.63) is 151 Å². The minimum absolute atomic E-state index is 0.352. The van der Waals surface area contributed by atoms with E-state index in [0.29, 0.717) is 11.4 Å². The fourth-order valence-electron chi connectivity index (χ4n) is 5.51. The van der Waals surface area contributed by atoms with Crippen molar-refractivity contribution in [2.45, 2.75) is 0 Å². The zero-order chi connectivity index (χ0) is 27.6. The van der Waals surface area contributed by atoms with Gasteiger partial charge in [-0.3, -0.25) is 15.8 Å². The van der Waals surface area contributed by atoms with Gasteiger partial charge in [-0.25, -0.2) is 0 Å². The number of pyridine rings is 1. The first-order valence-corrected chi connectivity index (χ1v) is 13.6. The second-order valence-corrected chi connectivity index (χ2v) is 9.96. The van der Waals surface area contributed by atoms with Crippen molar-refractivity contribution >= 4 is 44.2 Å². The highest BCUT2D eigenvalue weighted by Crippen LogP contribution is 2.43. The number of aromatic nitrogens is 1. The smallest absolute Gasteiger partial charge is 0.109 e. The maximum Gasteiger partial charge on any atom is 0.109 e. The molecule has 0 bridgehead atoms. The van der Waals surface area contributed by atoms with Crippen molar-refractivity contribution in [2.24, 2.45) is 5.10 Å². The molecule has 0 atom stereocenters. The van der Waals surface area contributed by atoms with Gasteiger partial charge >= 0.3 is 0 Å². The topological polar surface area (TPSA) is 61.1 Å². The van der Waals surface area contributed by atoms with Gasteiger partial charge in [0.1, 0.15) is 5.71 Å². The van der Waals surface area contributed by atoms with Gasteiger partial charge in [0.2, 0.25) is 0 Å². The lowest BCUT2D eigenvalue weighted by Crippen LogP contribution is -2.13. The molecule has 7 rings (SSSR count). The maximum atomic E-state index is 8.32. The van der Waals surface area contributed by atoms with Crippen molar-refractivity contribution in [1.29, 1.82) is 5.41 Å². The molecule has 0 saturated carbocycles. The number of allylic oxidation sites excluding steroid dienone is 4. The van der Waals surface area contributed by atoms with E-state index in [0.717, 1.165) is 22.5 Å². The molecular formula is C37H26N4. The van der Waals surface area contributed by atoms with Crippen LogP contribution in [0.4, 0.5) is 5.69 Å². The normalized spacial score (nSPS) is 14.0. The van der Waals surface area contributed by atoms with Crippen LogP contribution in [0.3, 0.4) is 0 Å². The minimum Gasteiger partial charge on any atom is -0.299 e. The quantitative estimate of drug-likeness (QED) is 0.134. The van der Waals surface area contributed by atoms with Crippen molar-refractivity contribution in [3.8, 4) is 22.3 Å². The van der Waals surface area contributed by atoms with Crippen LogP contribution in [0.5, 0.6) is 0 Å². The Morgan fingerprint density at radius 3 is 1.71 bits per heavy atom. The number of anilines is 1. The van der Waals surface area contributed by atoms with Gasteiger partial charge in [-0.2, -0.15) is 5.10 Å². The summed E-state index contributed by atoms with van der Waals surface area (Å²) in [5.74, 6) is 0. The van der Waals surface area contributed by atoms with Crippen LogP contribution < -0.4 is 5.43 Å². The number of hydrazone groups is 1. The summed E-state index contributed by atoms with van der Waals surface area (Å²) in [4.78, 5) is 4.42. The van der Waals surface area contributed by atoms with E-state index < -0.39 is 0 Å². The molecule has 0 spiro atoms. The first kappa shape index (κ1) is 24.4. The van der Waals surface area contributed by atoms with Gasteiger partial charge in [-0.15, -0.1) is 0 Å². The van der Waals surface area contributed by atoms with E-state index in [9.17, 15) is 0 Å². The molecule has 1 aliphatic carbocycles. The third kappa shape index (κ3) is 4.62. The summed E-state index contributed by atoms with van der Waals surface area (Å²) in [5, 5.41) is 17.8. The van der Waals surface area contributed by atoms with Crippen LogP contribution in [0.15, 0.2) is 151 Å². The van der Waals surface area contributed by atoms with Crippen LogP contribution >= 0.6 is 0 Å². The standard InChI is InChI=1S/C37H26N4/c38-33-22-19-27(34-16-8-9-23-39-34)24-35(33)41-40-28-20-17-26(18-21-28)37-31-14-6-4-12-29(31)36(25-10-2-1-3-11-25)30-13-5-7-15-32(30)37/h1-24,38,40H/b38-33?,41-35-. The first-order chi connectivity index (χ1) is 20.3. The average molecular weight is 527 g/mol. The second kappa shape index (κ2) is 10.5. The predicted octanol–water partition coefficient (Wildman–Crippen LogP) is 9.16. The van der Waals surface area contributed by atoms with Gasteiger partial charge in [-0.05, 0) is 80.2 Å². The van der Waals surface area contributed by atoms with Crippen molar-refractivity contribution in [1.82, 2.24) is 4.98 Å². The summed E-state index contributed by atoms with van der Waals surface area (Å²) in [6.45, 7) is 0. The molecule has 4 nitrogen and oxygen atoms in total. The van der Waals surface area contributed by atoms with Gasteiger partial charge in [0.15, 0.2) is 0 Å². The molecule has 1 aromatic heterocycles. The van der Waals surface area contributed by atoms with Crippen LogP contribution in [0.2, 0.25) is 0 Å². The highest BCUT2D eigenvalue weighted by Gasteiger charge is 2.16. The Bertz CT molecular complexity index is 1950. The van der Waals surface area contributed by atoms with Crippen molar-refractivity contribution in [2.75, 3.05) is 5.43 Å². The fraction of sp³-hybridized carbons (Fsp3) is 0. The lowest BCUT2D eigenvalue weighted by atomic mass is 9.86. The number of fused-ring (bicyclic) bond motifs is 2. The van der Waals surface area contributed by atoms with Crippen molar-refractivity contribution in [3.63, 3.8) is 0 Å². The van der Waals surface area contributed by atoms with Crippen LogP contribution in [-0.4, -0.2) is 16.4 Å². The highest BCUT2D eigenvalue weighted by atomic mass is 15.3. The summed E-state index contributed by atoms with van der Waals surface area (Å²) in [6, 6.07) is 42.1. The number of benzene rings is 5. The van der Waals surface area contributed by atoms with E-state index >= 15 is 0 Å². The average Bonchev–Trinajstić information content (AvgIpc) is 3.04. The number of nitrogens with one attached hydrogen (secondary N) is 2. The van der Waals surface area contributed by atoms with Gasteiger partial charge in [0.05, 0.1) is 17.1 Å². The Labute approximate surface area is 238 Å². The van der Waals surface area contributed by atoms with E-state index in [1.54, 1.807) is 12.3 Å². The lowest BCUT2D eigenvalue weighted by Gasteiger charge is -2.18. The van der Waals surface area contributed by atoms with Crippen LogP contribution in [-0.2, 0) is 0 Å². The summed E-state index contributed by atoms with van der Waals surface area (Å²) in [7, 11) is 0. The Kier molecular flexibility index (Phi) is 6.26. The fourth-order valence-corrected chi connectivity index (χ4v) is 5.51. The summed E-state index contributed by atoms with van der Waals surface area (Å²) in [6.07, 6.45) is 7.31. The highest BCUT2D eigenvalue weighted by molar-refractivity contribution is 6.51. The zero-order valence-corrected chi connectivity index (χ0v) is 22.3. The van der Waals surface area contributed by atoms with Crippen molar-refractivity contribution < 1.29 is 0 Å². The van der Waals surface area contributed by atoms with E-state index in [1.165, 1.54) is 38.2 Å². The van der Waals surface area contributed by atoms with E-state index in [4.69, 9.17) is 5.41 Å². The molecule has 2 N–H and O–H groups in total. The van der Waals surface area contributed by atoms with Gasteiger partial charge < -0.3 is 0 Å². The Morgan fingerprint density at radius 2 is 1.12 bits per heavy atom. The number of hydrogen-bond donors (Lipinski definition) is 2. The molecule has 0 unspecified atom stereocenters. The maximum absolute atomic E-state index is 8.32. The molecule has 4 heteroatoms. The third-order valence-corrected chi connectivity index (χ3v) is 7.43. The zero-order valence-electron chi connectivity index (χ0n) is 22.3. The van der Waals surface area contributed by atoms with Crippen LogP contribution in [0.1, 0.15) is 5.69 Å². The number of nitrogens with zero attached hydrogens (tertiary/aromatic N) is 2. The van der Waals surface area contributed by atoms with Crippen LogP contribution in [0.25, 0.3) is 49.4 Å². The molecule has 194 valence electrons. The Hall–Kier alpha value is -5.61.